The number of Topliss-reactive ketones (excluding diaryl/α,β-unsaturated/α-hetero) is 1. The molecule has 4 rings (SSSR count). The van der Waals surface area contributed by atoms with Gasteiger partial charge in [-0.2, -0.15) is 4.31 Å². The lowest BCUT2D eigenvalue weighted by Crippen LogP contribution is -2.50. The van der Waals surface area contributed by atoms with Crippen LogP contribution in [0.2, 0.25) is 0 Å². The summed E-state index contributed by atoms with van der Waals surface area (Å²) in [6, 6.07) is 8.37. The Balaban J connectivity index is 1.29. The molecule has 0 bridgehead atoms. The highest BCUT2D eigenvalue weighted by Gasteiger charge is 2.30. The topological polar surface area (TPSA) is 93.2 Å². The zero-order valence-electron chi connectivity index (χ0n) is 17.0. The maximum Gasteiger partial charge on any atom is 0.252 e. The van der Waals surface area contributed by atoms with E-state index in [1.54, 1.807) is 40.6 Å². The number of ether oxygens (including phenoxy) is 2. The SMILES string of the molecule is O=C(CCC(=O)N1CCN(S(=O)(=O)c2cccs2)CC1)c1ccc2c(c1)OCCCO2. The van der Waals surface area contributed by atoms with Gasteiger partial charge in [-0.05, 0) is 29.6 Å². The lowest BCUT2D eigenvalue weighted by atomic mass is 10.1. The number of ketones is 1. The summed E-state index contributed by atoms with van der Waals surface area (Å²) in [5.74, 6) is 0.900. The Labute approximate surface area is 185 Å². The molecule has 1 aromatic carbocycles. The van der Waals surface area contributed by atoms with Crippen molar-refractivity contribution >= 4 is 33.1 Å². The van der Waals surface area contributed by atoms with E-state index in [4.69, 9.17) is 9.47 Å². The summed E-state index contributed by atoms with van der Waals surface area (Å²) in [7, 11) is -3.50. The second kappa shape index (κ2) is 9.37. The summed E-state index contributed by atoms with van der Waals surface area (Å²) in [5.41, 5.74) is 0.490. The van der Waals surface area contributed by atoms with E-state index in [1.165, 1.54) is 15.6 Å². The van der Waals surface area contributed by atoms with Crippen LogP contribution in [0.15, 0.2) is 39.9 Å². The molecule has 2 aliphatic heterocycles. The highest BCUT2D eigenvalue weighted by Crippen LogP contribution is 2.31. The van der Waals surface area contributed by atoms with Gasteiger partial charge in [0, 0.05) is 51.0 Å². The number of rotatable bonds is 6. The van der Waals surface area contributed by atoms with Crippen molar-refractivity contribution in [1.82, 2.24) is 9.21 Å². The van der Waals surface area contributed by atoms with Gasteiger partial charge in [0.25, 0.3) is 10.0 Å². The molecule has 10 heteroatoms. The largest absolute Gasteiger partial charge is 0.490 e. The van der Waals surface area contributed by atoms with Crippen molar-refractivity contribution in [1.29, 1.82) is 0 Å². The molecule has 1 amide bonds. The molecule has 0 radical (unpaired) electrons. The fourth-order valence-electron chi connectivity index (χ4n) is 3.58. The average molecular weight is 465 g/mol. The fourth-order valence-corrected chi connectivity index (χ4v) is 6.14. The average Bonchev–Trinajstić information content (AvgIpc) is 3.24. The van der Waals surface area contributed by atoms with Gasteiger partial charge in [-0.1, -0.05) is 6.07 Å². The lowest BCUT2D eigenvalue weighted by Gasteiger charge is -2.33. The second-order valence-corrected chi connectivity index (χ2v) is 10.5. The first-order chi connectivity index (χ1) is 14.9. The minimum atomic E-state index is -3.50. The standard InChI is InChI=1S/C21H24N2O6S2/c24-17(16-4-6-18-19(15-16)29-13-2-12-28-18)5-7-20(25)22-8-10-23(11-9-22)31(26,27)21-3-1-14-30-21/h1,3-4,6,14-15H,2,5,7-13H2. The van der Waals surface area contributed by atoms with Crippen molar-refractivity contribution in [3.63, 3.8) is 0 Å². The van der Waals surface area contributed by atoms with Gasteiger partial charge in [0.15, 0.2) is 17.3 Å². The van der Waals surface area contributed by atoms with Gasteiger partial charge in [-0.25, -0.2) is 8.42 Å². The predicted molar refractivity (Wildman–Crippen MR) is 115 cm³/mol. The van der Waals surface area contributed by atoms with E-state index in [9.17, 15) is 18.0 Å². The molecule has 0 unspecified atom stereocenters. The summed E-state index contributed by atoms with van der Waals surface area (Å²) in [6.07, 6.45) is 0.964. The number of nitrogens with zero attached hydrogens (tertiary/aromatic N) is 2. The van der Waals surface area contributed by atoms with Gasteiger partial charge in [0.2, 0.25) is 5.91 Å². The highest BCUT2D eigenvalue weighted by atomic mass is 32.2. The molecule has 0 spiro atoms. The van der Waals surface area contributed by atoms with Crippen LogP contribution in [0, 0.1) is 0 Å². The molecular formula is C21H24N2O6S2. The molecule has 2 aromatic rings. The second-order valence-electron chi connectivity index (χ2n) is 7.35. The van der Waals surface area contributed by atoms with Crippen LogP contribution >= 0.6 is 11.3 Å². The zero-order valence-corrected chi connectivity index (χ0v) is 18.6. The van der Waals surface area contributed by atoms with Gasteiger partial charge in [0.05, 0.1) is 13.2 Å². The smallest absolute Gasteiger partial charge is 0.252 e. The van der Waals surface area contributed by atoms with E-state index in [0.717, 1.165) is 6.42 Å². The van der Waals surface area contributed by atoms with Gasteiger partial charge < -0.3 is 14.4 Å². The number of amides is 1. The third-order valence-corrected chi connectivity index (χ3v) is 8.59. The van der Waals surface area contributed by atoms with Crippen LogP contribution in [-0.4, -0.2) is 68.7 Å². The highest BCUT2D eigenvalue weighted by molar-refractivity contribution is 7.91. The zero-order chi connectivity index (χ0) is 21.8. The van der Waals surface area contributed by atoms with E-state index >= 15 is 0 Å². The first kappa shape index (κ1) is 21.8. The summed E-state index contributed by atoms with van der Waals surface area (Å²) in [5, 5.41) is 1.73. The molecule has 166 valence electrons. The van der Waals surface area contributed by atoms with E-state index in [1.807, 2.05) is 0 Å². The lowest BCUT2D eigenvalue weighted by molar-refractivity contribution is -0.132. The van der Waals surface area contributed by atoms with Gasteiger partial charge in [-0.3, -0.25) is 9.59 Å². The molecule has 0 atom stereocenters. The first-order valence-corrected chi connectivity index (χ1v) is 12.5. The number of fused-ring (bicyclic) bond motifs is 1. The quantitative estimate of drug-likeness (QED) is 0.610. The molecule has 8 nitrogen and oxygen atoms in total. The van der Waals surface area contributed by atoms with Crippen molar-refractivity contribution in [2.75, 3.05) is 39.4 Å². The van der Waals surface area contributed by atoms with Crippen molar-refractivity contribution in [3.05, 3.63) is 41.3 Å². The minimum Gasteiger partial charge on any atom is -0.490 e. The number of hydrogen-bond donors (Lipinski definition) is 0. The number of sulfonamides is 1. The minimum absolute atomic E-state index is 0.0882. The summed E-state index contributed by atoms with van der Waals surface area (Å²) in [4.78, 5) is 26.8. The van der Waals surface area contributed by atoms with Crippen molar-refractivity contribution < 1.29 is 27.5 Å². The molecule has 1 saturated heterocycles. The Morgan fingerprint density at radius 1 is 0.968 bits per heavy atom. The molecule has 1 aromatic heterocycles. The summed E-state index contributed by atoms with van der Waals surface area (Å²) < 4.78 is 38.1. The fraction of sp³-hybridized carbons (Fsp3) is 0.429. The number of thiophene rings is 1. The third-order valence-electron chi connectivity index (χ3n) is 5.32. The van der Waals surface area contributed by atoms with Gasteiger partial charge in [-0.15, -0.1) is 11.3 Å². The maximum atomic E-state index is 12.6. The van der Waals surface area contributed by atoms with Crippen LogP contribution in [0.4, 0.5) is 0 Å². The molecule has 2 aliphatic rings. The van der Waals surface area contributed by atoms with E-state index < -0.39 is 10.0 Å². The number of carbonyl (C=O) groups is 2. The maximum absolute atomic E-state index is 12.6. The van der Waals surface area contributed by atoms with Gasteiger partial charge >= 0.3 is 0 Å². The third kappa shape index (κ3) is 4.91. The molecular weight excluding hydrogens is 440 g/mol. The number of piperazine rings is 1. The van der Waals surface area contributed by atoms with Crippen LogP contribution in [-0.2, 0) is 14.8 Å². The monoisotopic (exact) mass is 464 g/mol. The van der Waals surface area contributed by atoms with Crippen LogP contribution in [0.1, 0.15) is 29.6 Å². The van der Waals surface area contributed by atoms with E-state index in [-0.39, 0.29) is 37.6 Å². The van der Waals surface area contributed by atoms with Crippen molar-refractivity contribution in [2.45, 2.75) is 23.5 Å². The normalized spacial score (nSPS) is 17.2. The van der Waals surface area contributed by atoms with Crippen LogP contribution < -0.4 is 9.47 Å². The number of carbonyl (C=O) groups excluding carboxylic acids is 2. The molecule has 1 fully saturated rings. The van der Waals surface area contributed by atoms with E-state index in [2.05, 4.69) is 0 Å². The van der Waals surface area contributed by atoms with E-state index in [0.29, 0.717) is 47.6 Å². The summed E-state index contributed by atoms with van der Waals surface area (Å²) in [6.45, 7) is 2.27. The molecule has 31 heavy (non-hydrogen) atoms. The Bertz CT molecular complexity index is 1040. The molecule has 0 N–H and O–H groups in total. The molecule has 3 heterocycles. The Morgan fingerprint density at radius 3 is 2.42 bits per heavy atom. The first-order valence-electron chi connectivity index (χ1n) is 10.2. The Hall–Kier alpha value is -2.43. The number of benzene rings is 1. The van der Waals surface area contributed by atoms with Crippen LogP contribution in [0.25, 0.3) is 0 Å². The van der Waals surface area contributed by atoms with Crippen LogP contribution in [0.3, 0.4) is 0 Å². The van der Waals surface area contributed by atoms with Crippen molar-refractivity contribution in [3.8, 4) is 11.5 Å². The van der Waals surface area contributed by atoms with Crippen LogP contribution in [0.5, 0.6) is 11.5 Å². The molecule has 0 saturated carbocycles. The number of hydrogen-bond acceptors (Lipinski definition) is 7. The predicted octanol–water partition coefficient (Wildman–Crippen LogP) is 2.41. The Morgan fingerprint density at radius 2 is 1.71 bits per heavy atom. The molecule has 0 aliphatic carbocycles. The van der Waals surface area contributed by atoms with Gasteiger partial charge in [0.1, 0.15) is 4.21 Å². The Kier molecular flexibility index (Phi) is 6.59. The summed E-state index contributed by atoms with van der Waals surface area (Å²) >= 11 is 1.19. The van der Waals surface area contributed by atoms with Crippen molar-refractivity contribution in [2.24, 2.45) is 0 Å².